The third-order valence-electron chi connectivity index (χ3n) is 1.33. The quantitative estimate of drug-likeness (QED) is 0.316. The number of hydrogen-bond acceptors (Lipinski definition) is 5. The number of aliphatic hydroxyl groups is 3. The highest BCUT2D eigenvalue weighted by atomic mass is 32.1. The van der Waals surface area contributed by atoms with Gasteiger partial charge in [0.25, 0.3) is 0 Å². The Morgan fingerprint density at radius 3 is 2.00 bits per heavy atom. The predicted octanol–water partition coefficient (Wildman–Crippen LogP) is -1.41. The first-order valence-electron chi connectivity index (χ1n) is 3.18. The van der Waals surface area contributed by atoms with Crippen molar-refractivity contribution in [2.75, 3.05) is 0 Å². The second-order valence-corrected chi connectivity index (χ2v) is 3.16. The fourth-order valence-electron chi connectivity index (χ4n) is 0.568. The van der Waals surface area contributed by atoms with Crippen LogP contribution < -0.4 is 0 Å². The molecular formula is C6H12O4S. The Balaban J connectivity index is 4.00. The molecule has 0 spiro atoms. The number of aldehydes is 1. The van der Waals surface area contributed by atoms with Gasteiger partial charge in [-0.3, -0.25) is 0 Å². The lowest BCUT2D eigenvalue weighted by Gasteiger charge is -2.21. The van der Waals surface area contributed by atoms with E-state index in [0.29, 0.717) is 0 Å². The van der Waals surface area contributed by atoms with Crippen LogP contribution in [0.5, 0.6) is 0 Å². The van der Waals surface area contributed by atoms with Gasteiger partial charge in [0.1, 0.15) is 12.2 Å². The maximum absolute atomic E-state index is 9.93. The zero-order valence-corrected chi connectivity index (χ0v) is 6.98. The summed E-state index contributed by atoms with van der Waals surface area (Å²) in [5.41, 5.74) is 0. The molecule has 0 amide bonds. The first kappa shape index (κ1) is 10.9. The molecule has 0 radical (unpaired) electrons. The predicted molar refractivity (Wildman–Crippen MR) is 42.5 cm³/mol. The Bertz CT molecular complexity index is 128. The molecule has 0 aromatic carbocycles. The summed E-state index contributed by atoms with van der Waals surface area (Å²) in [5, 5.41) is 26.3. The highest BCUT2D eigenvalue weighted by molar-refractivity contribution is 7.81. The van der Waals surface area contributed by atoms with E-state index in [1.165, 1.54) is 0 Å². The molecule has 0 bridgehead atoms. The molecule has 0 aliphatic heterocycles. The van der Waals surface area contributed by atoms with Crippen LogP contribution in [0.25, 0.3) is 0 Å². The number of carbonyl (C=O) groups is 1. The Hall–Kier alpha value is -0.100. The van der Waals surface area contributed by atoms with E-state index >= 15 is 0 Å². The summed E-state index contributed by atoms with van der Waals surface area (Å²) in [7, 11) is 0. The lowest BCUT2D eigenvalue weighted by molar-refractivity contribution is -0.125. The Morgan fingerprint density at radius 2 is 1.73 bits per heavy atom. The second-order valence-electron chi connectivity index (χ2n) is 2.35. The zero-order chi connectivity index (χ0) is 9.02. The van der Waals surface area contributed by atoms with Crippen LogP contribution in [0.4, 0.5) is 0 Å². The molecule has 0 heterocycles. The van der Waals surface area contributed by atoms with E-state index in [-0.39, 0.29) is 6.29 Å². The van der Waals surface area contributed by atoms with Gasteiger partial charge < -0.3 is 20.1 Å². The van der Waals surface area contributed by atoms with Gasteiger partial charge in [-0.15, -0.1) is 0 Å². The average Bonchev–Trinajstić information content (AvgIpc) is 2.00. The molecule has 0 saturated carbocycles. The van der Waals surface area contributed by atoms with Gasteiger partial charge in [-0.2, -0.15) is 12.6 Å². The lowest BCUT2D eigenvalue weighted by Crippen LogP contribution is -2.42. The maximum atomic E-state index is 9.93. The summed E-state index contributed by atoms with van der Waals surface area (Å²) in [5.74, 6) is 0. The SMILES string of the molecule is C[C@H](S)[C@@H](O)[C@@H](O)[C@@H](O)C=O. The van der Waals surface area contributed by atoms with Gasteiger partial charge in [-0.25, -0.2) is 0 Å². The molecule has 4 nitrogen and oxygen atoms in total. The fraction of sp³-hybridized carbons (Fsp3) is 0.833. The van der Waals surface area contributed by atoms with Gasteiger partial charge >= 0.3 is 0 Å². The summed E-state index contributed by atoms with van der Waals surface area (Å²) >= 11 is 3.83. The molecule has 0 fully saturated rings. The molecular weight excluding hydrogens is 168 g/mol. The first-order valence-corrected chi connectivity index (χ1v) is 3.70. The van der Waals surface area contributed by atoms with Crippen molar-refractivity contribution in [1.29, 1.82) is 0 Å². The minimum absolute atomic E-state index is 0.171. The Morgan fingerprint density at radius 1 is 1.27 bits per heavy atom. The van der Waals surface area contributed by atoms with Crippen LogP contribution in [0.1, 0.15) is 6.92 Å². The Labute approximate surface area is 70.3 Å². The number of rotatable bonds is 4. The summed E-state index contributed by atoms with van der Waals surface area (Å²) in [6.45, 7) is 1.55. The average molecular weight is 180 g/mol. The van der Waals surface area contributed by atoms with E-state index in [1.54, 1.807) is 6.92 Å². The number of hydrogen-bond donors (Lipinski definition) is 4. The number of aliphatic hydroxyl groups excluding tert-OH is 3. The highest BCUT2D eigenvalue weighted by Crippen LogP contribution is 2.07. The van der Waals surface area contributed by atoms with E-state index in [1.807, 2.05) is 0 Å². The van der Waals surface area contributed by atoms with E-state index in [0.717, 1.165) is 0 Å². The van der Waals surface area contributed by atoms with Crippen molar-refractivity contribution in [2.24, 2.45) is 0 Å². The van der Waals surface area contributed by atoms with Crippen molar-refractivity contribution in [3.05, 3.63) is 0 Å². The van der Waals surface area contributed by atoms with Crippen LogP contribution in [0.3, 0.4) is 0 Å². The first-order chi connectivity index (χ1) is 5.00. The summed E-state index contributed by atoms with van der Waals surface area (Å²) in [6, 6.07) is 0. The molecule has 4 atom stereocenters. The van der Waals surface area contributed by atoms with Gasteiger partial charge in [0.15, 0.2) is 6.29 Å². The molecule has 3 N–H and O–H groups in total. The summed E-state index contributed by atoms with van der Waals surface area (Å²) < 4.78 is 0. The molecule has 66 valence electrons. The molecule has 0 rings (SSSR count). The van der Waals surface area contributed by atoms with Gasteiger partial charge in [-0.1, -0.05) is 6.92 Å². The van der Waals surface area contributed by atoms with Gasteiger partial charge in [0, 0.05) is 5.25 Å². The van der Waals surface area contributed by atoms with Crippen molar-refractivity contribution >= 4 is 18.9 Å². The third-order valence-corrected chi connectivity index (χ3v) is 1.64. The van der Waals surface area contributed by atoms with Crippen molar-refractivity contribution in [2.45, 2.75) is 30.5 Å². The van der Waals surface area contributed by atoms with E-state index < -0.39 is 23.6 Å². The van der Waals surface area contributed by atoms with Crippen LogP contribution >= 0.6 is 12.6 Å². The molecule has 11 heavy (non-hydrogen) atoms. The lowest BCUT2D eigenvalue weighted by atomic mass is 10.1. The van der Waals surface area contributed by atoms with Crippen molar-refractivity contribution in [3.63, 3.8) is 0 Å². The second kappa shape index (κ2) is 4.71. The number of carbonyl (C=O) groups excluding carboxylic acids is 1. The molecule has 0 aromatic rings. The maximum Gasteiger partial charge on any atom is 0.151 e. The third kappa shape index (κ3) is 3.20. The van der Waals surface area contributed by atoms with E-state index in [2.05, 4.69) is 12.6 Å². The minimum atomic E-state index is -1.54. The normalized spacial score (nSPS) is 21.9. The van der Waals surface area contributed by atoms with Crippen molar-refractivity contribution in [1.82, 2.24) is 0 Å². The van der Waals surface area contributed by atoms with Crippen LogP contribution in [0.15, 0.2) is 0 Å². The monoisotopic (exact) mass is 180 g/mol. The van der Waals surface area contributed by atoms with Crippen LogP contribution in [-0.2, 0) is 4.79 Å². The van der Waals surface area contributed by atoms with Gasteiger partial charge in [0.05, 0.1) is 6.10 Å². The molecule has 0 unspecified atom stereocenters. The zero-order valence-electron chi connectivity index (χ0n) is 6.08. The van der Waals surface area contributed by atoms with Crippen molar-refractivity contribution < 1.29 is 20.1 Å². The van der Waals surface area contributed by atoms with Gasteiger partial charge in [-0.05, 0) is 0 Å². The summed E-state index contributed by atoms with van der Waals surface area (Å²) in [6.07, 6.45) is -4.03. The molecule has 0 saturated heterocycles. The van der Waals surface area contributed by atoms with Crippen LogP contribution in [-0.4, -0.2) is 45.2 Å². The fourth-order valence-corrected chi connectivity index (χ4v) is 0.744. The van der Waals surface area contributed by atoms with Gasteiger partial charge in [0.2, 0.25) is 0 Å². The van der Waals surface area contributed by atoms with Crippen LogP contribution in [0.2, 0.25) is 0 Å². The minimum Gasteiger partial charge on any atom is -0.389 e. The molecule has 5 heteroatoms. The smallest absolute Gasteiger partial charge is 0.151 e. The Kier molecular flexibility index (Phi) is 4.67. The van der Waals surface area contributed by atoms with E-state index in [4.69, 9.17) is 15.3 Å². The van der Waals surface area contributed by atoms with Crippen LogP contribution in [0, 0.1) is 0 Å². The summed E-state index contributed by atoms with van der Waals surface area (Å²) in [4.78, 5) is 9.93. The molecule has 0 aromatic heterocycles. The molecule has 0 aliphatic rings. The topological polar surface area (TPSA) is 77.8 Å². The van der Waals surface area contributed by atoms with Crippen molar-refractivity contribution in [3.8, 4) is 0 Å². The molecule has 0 aliphatic carbocycles. The van der Waals surface area contributed by atoms with E-state index in [9.17, 15) is 4.79 Å². The largest absolute Gasteiger partial charge is 0.389 e. The number of thiol groups is 1. The standard InChI is InChI=1S/C6H12O4S/c1-3(11)5(9)6(10)4(8)2-7/h2-6,8-11H,1H3/t3-,4-,5+,6-/m0/s1. The highest BCUT2D eigenvalue weighted by Gasteiger charge is 2.26.